The van der Waals surface area contributed by atoms with Crippen molar-refractivity contribution in [1.82, 2.24) is 19.7 Å². The molecule has 2 aromatic heterocycles. The van der Waals surface area contributed by atoms with Crippen LogP contribution in [0.1, 0.15) is 6.42 Å². The van der Waals surface area contributed by atoms with Gasteiger partial charge in [-0.25, -0.2) is 19.0 Å². The number of para-hydroxylation sites is 1. The topological polar surface area (TPSA) is 64.9 Å². The molecule has 2 heterocycles. The van der Waals surface area contributed by atoms with Crippen LogP contribution in [0, 0.1) is 11.9 Å². The molecule has 0 fully saturated rings. The van der Waals surface area contributed by atoms with E-state index in [1.807, 2.05) is 18.2 Å². The number of halogens is 2. The van der Waals surface area contributed by atoms with Crippen molar-refractivity contribution in [1.29, 1.82) is 0 Å². The molecule has 6 nitrogen and oxygen atoms in total. The van der Waals surface area contributed by atoms with Crippen molar-refractivity contribution < 1.29 is 9.13 Å². The van der Waals surface area contributed by atoms with Crippen LogP contribution < -0.4 is 10.1 Å². The van der Waals surface area contributed by atoms with Gasteiger partial charge in [0.2, 0.25) is 0 Å². The minimum absolute atomic E-state index is 0.252. The number of fused-ring (bicyclic) bond motifs is 1. The first-order valence-corrected chi connectivity index (χ1v) is 9.20. The zero-order valence-electron chi connectivity index (χ0n) is 14.8. The summed E-state index contributed by atoms with van der Waals surface area (Å²) in [5.74, 6) is 1.51. The predicted molar refractivity (Wildman–Crippen MR) is 106 cm³/mol. The number of rotatable bonds is 7. The smallest absolute Gasteiger partial charge is 0.149 e. The van der Waals surface area contributed by atoms with Crippen LogP contribution in [0.5, 0.6) is 5.75 Å². The SMILES string of the molecule is Fc1ccc[c]c1-n1cc(Nc2ncnc3cc(OCCCCl)ccc23)cn1. The van der Waals surface area contributed by atoms with Gasteiger partial charge in [-0.2, -0.15) is 5.10 Å². The van der Waals surface area contributed by atoms with E-state index < -0.39 is 5.82 Å². The van der Waals surface area contributed by atoms with Gasteiger partial charge >= 0.3 is 0 Å². The molecule has 0 atom stereocenters. The van der Waals surface area contributed by atoms with Crippen molar-refractivity contribution in [2.24, 2.45) is 0 Å². The maximum absolute atomic E-state index is 13.9. The molecule has 2 aromatic carbocycles. The third kappa shape index (κ3) is 3.89. The monoisotopic (exact) mass is 396 g/mol. The van der Waals surface area contributed by atoms with E-state index in [0.717, 1.165) is 23.1 Å². The highest BCUT2D eigenvalue weighted by atomic mass is 35.5. The van der Waals surface area contributed by atoms with Gasteiger partial charge in [-0.1, -0.05) is 12.1 Å². The molecule has 0 aliphatic heterocycles. The Bertz CT molecular complexity index is 1100. The van der Waals surface area contributed by atoms with Crippen molar-refractivity contribution in [2.75, 3.05) is 17.8 Å². The molecular weight excluding hydrogens is 381 g/mol. The normalized spacial score (nSPS) is 10.9. The average molecular weight is 397 g/mol. The summed E-state index contributed by atoms with van der Waals surface area (Å²) in [6.07, 6.45) is 5.52. The number of benzene rings is 2. The molecule has 141 valence electrons. The fraction of sp³-hybridized carbons (Fsp3) is 0.150. The third-order valence-electron chi connectivity index (χ3n) is 4.01. The van der Waals surface area contributed by atoms with E-state index in [2.05, 4.69) is 26.4 Å². The second-order valence-corrected chi connectivity index (χ2v) is 6.34. The fourth-order valence-electron chi connectivity index (χ4n) is 2.70. The Balaban J connectivity index is 1.57. The van der Waals surface area contributed by atoms with Crippen molar-refractivity contribution in [3.63, 3.8) is 0 Å². The highest BCUT2D eigenvalue weighted by Gasteiger charge is 2.09. The molecule has 1 N–H and O–H groups in total. The quantitative estimate of drug-likeness (QED) is 0.368. The van der Waals surface area contributed by atoms with Gasteiger partial charge in [0.15, 0.2) is 0 Å². The van der Waals surface area contributed by atoms with Gasteiger partial charge in [0.1, 0.15) is 29.4 Å². The number of aromatic nitrogens is 4. The van der Waals surface area contributed by atoms with Gasteiger partial charge in [-0.3, -0.25) is 0 Å². The van der Waals surface area contributed by atoms with Crippen LogP contribution in [-0.4, -0.2) is 32.2 Å². The molecule has 0 bridgehead atoms. The molecule has 4 aromatic rings. The van der Waals surface area contributed by atoms with E-state index in [-0.39, 0.29) is 5.69 Å². The zero-order chi connectivity index (χ0) is 19.3. The Morgan fingerprint density at radius 1 is 1.25 bits per heavy atom. The Hall–Kier alpha value is -3.19. The molecular formula is C20H16ClFN5O. The summed E-state index contributed by atoms with van der Waals surface area (Å²) >= 11 is 5.67. The molecule has 0 aliphatic rings. The summed E-state index contributed by atoms with van der Waals surface area (Å²) in [5.41, 5.74) is 1.66. The van der Waals surface area contributed by atoms with Crippen LogP contribution in [0.15, 0.2) is 55.1 Å². The number of hydrogen-bond acceptors (Lipinski definition) is 5. The summed E-state index contributed by atoms with van der Waals surface area (Å²) in [5, 5.41) is 8.22. The molecule has 0 unspecified atom stereocenters. The highest BCUT2D eigenvalue weighted by molar-refractivity contribution is 6.17. The van der Waals surface area contributed by atoms with E-state index in [9.17, 15) is 4.39 Å². The lowest BCUT2D eigenvalue weighted by atomic mass is 10.2. The molecule has 0 aliphatic carbocycles. The van der Waals surface area contributed by atoms with Crippen LogP contribution in [0.25, 0.3) is 16.6 Å². The first kappa shape index (κ1) is 18.2. The number of hydrogen-bond donors (Lipinski definition) is 1. The van der Waals surface area contributed by atoms with Crippen molar-refractivity contribution in [2.45, 2.75) is 6.42 Å². The van der Waals surface area contributed by atoms with Crippen LogP contribution in [-0.2, 0) is 0 Å². The lowest BCUT2D eigenvalue weighted by Gasteiger charge is -2.09. The standard InChI is InChI=1S/C20H16ClFN5O/c21-8-3-9-28-15-6-7-16-18(10-15)23-13-24-20(16)26-14-11-25-27(12-14)19-5-2-1-4-17(19)22/h1-2,4,6-7,10-13H,3,8-9H2,(H,23,24,26). The van der Waals surface area contributed by atoms with Gasteiger partial charge in [-0.05, 0) is 24.6 Å². The maximum Gasteiger partial charge on any atom is 0.149 e. The van der Waals surface area contributed by atoms with E-state index in [4.69, 9.17) is 16.3 Å². The minimum atomic E-state index is -0.397. The van der Waals surface area contributed by atoms with Gasteiger partial charge < -0.3 is 10.1 Å². The highest BCUT2D eigenvalue weighted by Crippen LogP contribution is 2.26. The fourth-order valence-corrected chi connectivity index (χ4v) is 2.81. The maximum atomic E-state index is 13.9. The van der Waals surface area contributed by atoms with Crippen LogP contribution in [0.2, 0.25) is 0 Å². The molecule has 8 heteroatoms. The summed E-state index contributed by atoms with van der Waals surface area (Å²) in [6.45, 7) is 0.553. The van der Waals surface area contributed by atoms with Crippen molar-refractivity contribution in [3.05, 3.63) is 67.0 Å². The summed E-state index contributed by atoms with van der Waals surface area (Å²) in [6, 6.07) is 13.0. The minimum Gasteiger partial charge on any atom is -0.493 e. The second-order valence-electron chi connectivity index (χ2n) is 5.96. The molecule has 28 heavy (non-hydrogen) atoms. The summed E-state index contributed by atoms with van der Waals surface area (Å²) < 4.78 is 21.0. The lowest BCUT2D eigenvalue weighted by Crippen LogP contribution is -1.99. The molecule has 0 saturated carbocycles. The zero-order valence-corrected chi connectivity index (χ0v) is 15.5. The first-order chi connectivity index (χ1) is 13.7. The average Bonchev–Trinajstić information content (AvgIpc) is 3.17. The molecule has 0 spiro atoms. The Kier molecular flexibility index (Phi) is 5.34. The Morgan fingerprint density at radius 2 is 2.18 bits per heavy atom. The number of nitrogens with zero attached hydrogens (tertiary/aromatic N) is 4. The summed E-state index contributed by atoms with van der Waals surface area (Å²) in [7, 11) is 0. The van der Waals surface area contributed by atoms with Crippen LogP contribution in [0.4, 0.5) is 15.9 Å². The molecule has 4 rings (SSSR count). The van der Waals surface area contributed by atoms with E-state index in [0.29, 0.717) is 24.0 Å². The van der Waals surface area contributed by atoms with Crippen molar-refractivity contribution in [3.8, 4) is 11.4 Å². The Morgan fingerprint density at radius 3 is 3.04 bits per heavy atom. The summed E-state index contributed by atoms with van der Waals surface area (Å²) in [4.78, 5) is 8.61. The Labute approximate surface area is 166 Å². The van der Waals surface area contributed by atoms with Crippen LogP contribution in [0.3, 0.4) is 0 Å². The first-order valence-electron chi connectivity index (χ1n) is 8.66. The number of alkyl halides is 1. The van der Waals surface area contributed by atoms with Gasteiger partial charge in [0.25, 0.3) is 0 Å². The van der Waals surface area contributed by atoms with E-state index >= 15 is 0 Å². The van der Waals surface area contributed by atoms with Gasteiger partial charge in [0.05, 0.1) is 30.2 Å². The second kappa shape index (κ2) is 8.22. The molecule has 0 amide bonds. The van der Waals surface area contributed by atoms with Crippen molar-refractivity contribution >= 4 is 34.0 Å². The van der Waals surface area contributed by atoms with E-state index in [1.54, 1.807) is 24.5 Å². The number of nitrogens with one attached hydrogen (secondary N) is 1. The number of anilines is 2. The third-order valence-corrected chi connectivity index (χ3v) is 4.28. The predicted octanol–water partition coefficient (Wildman–Crippen LogP) is 4.51. The van der Waals surface area contributed by atoms with Crippen LogP contribution >= 0.6 is 11.6 Å². The molecule has 0 saturated heterocycles. The van der Waals surface area contributed by atoms with Gasteiger partial charge in [0, 0.05) is 23.4 Å². The molecule has 1 radical (unpaired) electrons. The largest absolute Gasteiger partial charge is 0.493 e. The lowest BCUT2D eigenvalue weighted by molar-refractivity contribution is 0.318. The van der Waals surface area contributed by atoms with E-state index in [1.165, 1.54) is 17.1 Å². The number of ether oxygens (including phenoxy) is 1. The van der Waals surface area contributed by atoms with Gasteiger partial charge in [-0.15, -0.1) is 11.6 Å².